The van der Waals surface area contributed by atoms with Crippen LogP contribution in [-0.2, 0) is 11.3 Å². The van der Waals surface area contributed by atoms with E-state index in [1.807, 2.05) is 0 Å². The Bertz CT molecular complexity index is 384. The van der Waals surface area contributed by atoms with E-state index < -0.39 is 5.82 Å². The van der Waals surface area contributed by atoms with Gasteiger partial charge in [0.1, 0.15) is 0 Å². The normalized spacial score (nSPS) is 24.1. The zero-order chi connectivity index (χ0) is 12.3. The SMILES string of the molecule is COC1CCC(NCc2ccc(O)c(F)c2)C1. The van der Waals surface area contributed by atoms with Crippen LogP contribution in [0.15, 0.2) is 18.2 Å². The average Bonchev–Trinajstić information content (AvgIpc) is 2.79. The molecular weight excluding hydrogens is 221 g/mol. The fourth-order valence-corrected chi connectivity index (χ4v) is 2.26. The van der Waals surface area contributed by atoms with E-state index in [0.717, 1.165) is 24.8 Å². The number of phenolic OH excluding ortho intramolecular Hbond substituents is 1. The summed E-state index contributed by atoms with van der Waals surface area (Å²) >= 11 is 0. The van der Waals surface area contributed by atoms with Gasteiger partial charge in [0.2, 0.25) is 0 Å². The third kappa shape index (κ3) is 3.17. The first-order valence-corrected chi connectivity index (χ1v) is 5.92. The number of phenols is 1. The van der Waals surface area contributed by atoms with Gasteiger partial charge >= 0.3 is 0 Å². The number of ether oxygens (including phenoxy) is 1. The predicted molar refractivity (Wildman–Crippen MR) is 63.3 cm³/mol. The van der Waals surface area contributed by atoms with Gasteiger partial charge in [0.15, 0.2) is 11.6 Å². The minimum Gasteiger partial charge on any atom is -0.505 e. The zero-order valence-electron chi connectivity index (χ0n) is 9.95. The van der Waals surface area contributed by atoms with E-state index >= 15 is 0 Å². The summed E-state index contributed by atoms with van der Waals surface area (Å²) < 4.78 is 18.4. The molecule has 0 aliphatic heterocycles. The van der Waals surface area contributed by atoms with Crippen molar-refractivity contribution < 1.29 is 14.2 Å². The number of nitrogens with one attached hydrogen (secondary N) is 1. The maximum atomic E-state index is 13.1. The number of methoxy groups -OCH3 is 1. The summed E-state index contributed by atoms with van der Waals surface area (Å²) in [7, 11) is 1.74. The topological polar surface area (TPSA) is 41.5 Å². The highest BCUT2D eigenvalue weighted by Crippen LogP contribution is 2.22. The van der Waals surface area contributed by atoms with E-state index in [9.17, 15) is 4.39 Å². The van der Waals surface area contributed by atoms with Gasteiger partial charge in [-0.1, -0.05) is 6.07 Å². The standard InChI is InChI=1S/C13H18FNO2/c1-17-11-4-3-10(7-11)15-8-9-2-5-13(16)12(14)6-9/h2,5-6,10-11,15-16H,3-4,7-8H2,1H3. The van der Waals surface area contributed by atoms with Crippen molar-refractivity contribution in [2.24, 2.45) is 0 Å². The molecule has 1 saturated carbocycles. The predicted octanol–water partition coefficient (Wildman–Crippen LogP) is 2.19. The first-order chi connectivity index (χ1) is 8.19. The molecule has 0 radical (unpaired) electrons. The Morgan fingerprint density at radius 2 is 2.29 bits per heavy atom. The lowest BCUT2D eigenvalue weighted by atomic mass is 10.2. The Morgan fingerprint density at radius 1 is 1.47 bits per heavy atom. The maximum absolute atomic E-state index is 13.1. The quantitative estimate of drug-likeness (QED) is 0.846. The van der Waals surface area contributed by atoms with Crippen LogP contribution in [0.2, 0.25) is 0 Å². The van der Waals surface area contributed by atoms with Gasteiger partial charge in [0.25, 0.3) is 0 Å². The molecule has 1 aromatic carbocycles. The van der Waals surface area contributed by atoms with Crippen molar-refractivity contribution >= 4 is 0 Å². The Hall–Kier alpha value is -1.13. The van der Waals surface area contributed by atoms with Gasteiger partial charge in [-0.05, 0) is 37.0 Å². The fourth-order valence-electron chi connectivity index (χ4n) is 2.26. The Balaban J connectivity index is 1.84. The molecule has 0 amide bonds. The van der Waals surface area contributed by atoms with Crippen LogP contribution in [0, 0.1) is 5.82 Å². The van der Waals surface area contributed by atoms with Crippen molar-refractivity contribution in [3.05, 3.63) is 29.6 Å². The Kier molecular flexibility index (Phi) is 3.97. The number of benzene rings is 1. The number of halogens is 1. The van der Waals surface area contributed by atoms with Gasteiger partial charge in [0.05, 0.1) is 6.10 Å². The van der Waals surface area contributed by atoms with Crippen molar-refractivity contribution in [1.29, 1.82) is 0 Å². The molecule has 0 saturated heterocycles. The van der Waals surface area contributed by atoms with E-state index in [-0.39, 0.29) is 5.75 Å². The minimum absolute atomic E-state index is 0.297. The largest absolute Gasteiger partial charge is 0.505 e. The average molecular weight is 239 g/mol. The molecule has 2 atom stereocenters. The molecule has 94 valence electrons. The van der Waals surface area contributed by atoms with Gasteiger partial charge < -0.3 is 15.2 Å². The van der Waals surface area contributed by atoms with Crippen LogP contribution < -0.4 is 5.32 Å². The van der Waals surface area contributed by atoms with Crippen LogP contribution in [0.1, 0.15) is 24.8 Å². The summed E-state index contributed by atoms with van der Waals surface area (Å²) in [5.41, 5.74) is 0.848. The van der Waals surface area contributed by atoms with Gasteiger partial charge in [-0.2, -0.15) is 0 Å². The second kappa shape index (κ2) is 5.47. The lowest BCUT2D eigenvalue weighted by Crippen LogP contribution is -2.26. The number of hydrogen-bond acceptors (Lipinski definition) is 3. The summed E-state index contributed by atoms with van der Waals surface area (Å²) in [5, 5.41) is 12.5. The van der Waals surface area contributed by atoms with Crippen molar-refractivity contribution in [2.45, 2.75) is 38.0 Å². The smallest absolute Gasteiger partial charge is 0.165 e. The number of hydrogen-bond donors (Lipinski definition) is 2. The molecule has 0 aromatic heterocycles. The van der Waals surface area contributed by atoms with Crippen LogP contribution in [0.3, 0.4) is 0 Å². The van der Waals surface area contributed by atoms with Crippen LogP contribution in [-0.4, -0.2) is 24.4 Å². The third-order valence-corrected chi connectivity index (χ3v) is 3.32. The van der Waals surface area contributed by atoms with Gasteiger partial charge in [-0.25, -0.2) is 4.39 Å². The van der Waals surface area contributed by atoms with Crippen molar-refractivity contribution in [2.75, 3.05) is 7.11 Å². The molecule has 2 rings (SSSR count). The van der Waals surface area contributed by atoms with E-state index in [1.54, 1.807) is 13.2 Å². The highest BCUT2D eigenvalue weighted by Gasteiger charge is 2.23. The van der Waals surface area contributed by atoms with Gasteiger partial charge in [-0.3, -0.25) is 0 Å². The second-order valence-corrected chi connectivity index (χ2v) is 4.53. The number of aromatic hydroxyl groups is 1. The van der Waals surface area contributed by atoms with Crippen LogP contribution in [0.4, 0.5) is 4.39 Å². The lowest BCUT2D eigenvalue weighted by molar-refractivity contribution is 0.107. The summed E-state index contributed by atoms with van der Waals surface area (Å²) in [5.74, 6) is -0.862. The van der Waals surface area contributed by atoms with E-state index in [1.165, 1.54) is 12.1 Å². The van der Waals surface area contributed by atoms with Crippen LogP contribution >= 0.6 is 0 Å². The maximum Gasteiger partial charge on any atom is 0.165 e. The molecule has 1 aromatic rings. The van der Waals surface area contributed by atoms with E-state index in [4.69, 9.17) is 9.84 Å². The van der Waals surface area contributed by atoms with Gasteiger partial charge in [0, 0.05) is 19.7 Å². The Morgan fingerprint density at radius 3 is 2.94 bits per heavy atom. The molecule has 1 fully saturated rings. The second-order valence-electron chi connectivity index (χ2n) is 4.53. The monoisotopic (exact) mass is 239 g/mol. The van der Waals surface area contributed by atoms with Crippen molar-refractivity contribution in [3.8, 4) is 5.75 Å². The van der Waals surface area contributed by atoms with Crippen LogP contribution in [0.25, 0.3) is 0 Å². The molecule has 3 nitrogen and oxygen atoms in total. The zero-order valence-corrected chi connectivity index (χ0v) is 9.95. The molecule has 0 spiro atoms. The summed E-state index contributed by atoms with van der Waals surface area (Å²) in [4.78, 5) is 0. The summed E-state index contributed by atoms with van der Waals surface area (Å²) in [6, 6.07) is 4.93. The highest BCUT2D eigenvalue weighted by atomic mass is 19.1. The van der Waals surface area contributed by atoms with E-state index in [0.29, 0.717) is 18.7 Å². The van der Waals surface area contributed by atoms with Crippen molar-refractivity contribution in [3.63, 3.8) is 0 Å². The minimum atomic E-state index is -0.564. The van der Waals surface area contributed by atoms with Gasteiger partial charge in [-0.15, -0.1) is 0 Å². The molecule has 2 N–H and O–H groups in total. The van der Waals surface area contributed by atoms with E-state index in [2.05, 4.69) is 5.32 Å². The first kappa shape index (κ1) is 12.3. The number of rotatable bonds is 4. The molecule has 17 heavy (non-hydrogen) atoms. The molecule has 2 unspecified atom stereocenters. The lowest BCUT2D eigenvalue weighted by Gasteiger charge is -2.13. The summed E-state index contributed by atoms with van der Waals surface area (Å²) in [6.07, 6.45) is 3.54. The summed E-state index contributed by atoms with van der Waals surface area (Å²) in [6.45, 7) is 0.623. The Labute approximate surface area is 101 Å². The first-order valence-electron chi connectivity index (χ1n) is 5.92. The molecule has 1 aliphatic carbocycles. The highest BCUT2D eigenvalue weighted by molar-refractivity contribution is 5.27. The van der Waals surface area contributed by atoms with Crippen molar-refractivity contribution in [1.82, 2.24) is 5.32 Å². The molecule has 1 aliphatic rings. The molecule has 0 heterocycles. The van der Waals surface area contributed by atoms with Crippen LogP contribution in [0.5, 0.6) is 5.75 Å². The molecule has 0 bridgehead atoms. The molecular formula is C13H18FNO2. The molecule has 4 heteroatoms. The third-order valence-electron chi connectivity index (χ3n) is 3.32. The fraction of sp³-hybridized carbons (Fsp3) is 0.538.